The van der Waals surface area contributed by atoms with Crippen LogP contribution >= 0.6 is 0 Å². The minimum absolute atomic E-state index is 0.0409. The molecular weight excluding hydrogens is 420 g/mol. The normalized spacial score (nSPS) is 13.3. The van der Waals surface area contributed by atoms with Gasteiger partial charge in [0.25, 0.3) is 11.8 Å². The zero-order chi connectivity index (χ0) is 22.9. The smallest absolute Gasteiger partial charge is 0.262 e. The maximum atomic E-state index is 13.4. The van der Waals surface area contributed by atoms with Crippen molar-refractivity contribution in [3.8, 4) is 22.5 Å². The van der Waals surface area contributed by atoms with E-state index in [1.54, 1.807) is 37.4 Å². The molecule has 1 aliphatic heterocycles. The van der Waals surface area contributed by atoms with Crippen LogP contribution in [0.3, 0.4) is 0 Å². The van der Waals surface area contributed by atoms with Crippen molar-refractivity contribution in [2.24, 2.45) is 7.05 Å². The highest BCUT2D eigenvalue weighted by molar-refractivity contribution is 6.29. The van der Waals surface area contributed by atoms with Crippen LogP contribution in [-0.4, -0.2) is 38.8 Å². The molecule has 3 aromatic carbocycles. The Balaban J connectivity index is 1.78. The van der Waals surface area contributed by atoms with Crippen LogP contribution in [0, 0.1) is 0 Å². The SMILES string of the molecule is CN1C(=O)c2c(-c3nn(C)nc3-c3ccccc3)cc3oc4ccccc4c(=O)c3c2C1=O. The third-order valence-corrected chi connectivity index (χ3v) is 5.92. The van der Waals surface area contributed by atoms with Crippen LogP contribution < -0.4 is 5.43 Å². The van der Waals surface area contributed by atoms with Crippen LogP contribution in [0.4, 0.5) is 0 Å². The van der Waals surface area contributed by atoms with Gasteiger partial charge < -0.3 is 4.42 Å². The summed E-state index contributed by atoms with van der Waals surface area (Å²) in [6, 6.07) is 17.9. The quantitative estimate of drug-likeness (QED) is 0.310. The average Bonchev–Trinajstić information content (AvgIpc) is 3.33. The van der Waals surface area contributed by atoms with Gasteiger partial charge in [-0.2, -0.15) is 15.0 Å². The van der Waals surface area contributed by atoms with Crippen LogP contribution in [0.2, 0.25) is 0 Å². The molecular formula is C25H16N4O4. The number of para-hydroxylation sites is 1. The molecule has 0 atom stereocenters. The fourth-order valence-electron chi connectivity index (χ4n) is 4.39. The predicted molar refractivity (Wildman–Crippen MR) is 122 cm³/mol. The Kier molecular flexibility index (Phi) is 3.88. The highest BCUT2D eigenvalue weighted by Gasteiger charge is 2.40. The lowest BCUT2D eigenvalue weighted by atomic mass is 9.94. The second-order valence-corrected chi connectivity index (χ2v) is 7.90. The molecule has 6 rings (SSSR count). The van der Waals surface area contributed by atoms with Gasteiger partial charge >= 0.3 is 0 Å². The Hall–Kier alpha value is -4.59. The van der Waals surface area contributed by atoms with Crippen LogP contribution in [0.15, 0.2) is 69.9 Å². The Bertz CT molecular complexity index is 1700. The Morgan fingerprint density at radius 3 is 2.21 bits per heavy atom. The lowest BCUT2D eigenvalue weighted by Gasteiger charge is -2.09. The molecule has 0 saturated heterocycles. The molecule has 1 aliphatic rings. The number of hydrogen-bond acceptors (Lipinski definition) is 6. The monoisotopic (exact) mass is 436 g/mol. The molecule has 0 radical (unpaired) electrons. The first kappa shape index (κ1) is 19.1. The van der Waals surface area contributed by atoms with Crippen LogP contribution in [0.25, 0.3) is 44.5 Å². The van der Waals surface area contributed by atoms with Gasteiger partial charge in [-0.15, -0.1) is 0 Å². The Morgan fingerprint density at radius 2 is 1.42 bits per heavy atom. The second-order valence-electron chi connectivity index (χ2n) is 7.90. The van der Waals surface area contributed by atoms with E-state index in [1.807, 2.05) is 30.3 Å². The molecule has 0 unspecified atom stereocenters. The van der Waals surface area contributed by atoms with Crippen molar-refractivity contribution in [2.45, 2.75) is 0 Å². The Labute approximate surface area is 186 Å². The first-order valence-corrected chi connectivity index (χ1v) is 10.3. The van der Waals surface area contributed by atoms with E-state index in [1.165, 1.54) is 11.8 Å². The van der Waals surface area contributed by atoms with Crippen LogP contribution in [0.1, 0.15) is 20.7 Å². The van der Waals surface area contributed by atoms with Crippen molar-refractivity contribution in [3.63, 3.8) is 0 Å². The summed E-state index contributed by atoms with van der Waals surface area (Å²) in [4.78, 5) is 42.1. The number of aryl methyl sites for hydroxylation is 1. The van der Waals surface area contributed by atoms with Gasteiger partial charge in [-0.3, -0.25) is 19.3 Å². The number of aromatic nitrogens is 3. The molecule has 0 saturated carbocycles. The number of fused-ring (bicyclic) bond motifs is 4. The fourth-order valence-corrected chi connectivity index (χ4v) is 4.39. The zero-order valence-corrected chi connectivity index (χ0v) is 17.7. The van der Waals surface area contributed by atoms with E-state index in [0.717, 1.165) is 10.5 Å². The number of hydrogen-bond donors (Lipinski definition) is 0. The van der Waals surface area contributed by atoms with Crippen LogP contribution in [-0.2, 0) is 7.05 Å². The van der Waals surface area contributed by atoms with E-state index in [9.17, 15) is 14.4 Å². The third kappa shape index (κ3) is 2.61. The van der Waals surface area contributed by atoms with Crippen molar-refractivity contribution in [2.75, 3.05) is 7.05 Å². The maximum absolute atomic E-state index is 13.4. The summed E-state index contributed by atoms with van der Waals surface area (Å²) < 4.78 is 6.05. The van der Waals surface area contributed by atoms with Crippen LogP contribution in [0.5, 0.6) is 0 Å². The van der Waals surface area contributed by atoms with Crippen molar-refractivity contribution in [3.05, 3.63) is 82.0 Å². The molecule has 0 fully saturated rings. The summed E-state index contributed by atoms with van der Waals surface area (Å²) >= 11 is 0. The van der Waals surface area contributed by atoms with Crippen molar-refractivity contribution >= 4 is 33.8 Å². The maximum Gasteiger partial charge on any atom is 0.262 e. The molecule has 33 heavy (non-hydrogen) atoms. The summed E-state index contributed by atoms with van der Waals surface area (Å²) in [7, 11) is 3.08. The van der Waals surface area contributed by atoms with Crippen molar-refractivity contribution in [1.29, 1.82) is 0 Å². The minimum Gasteiger partial charge on any atom is -0.456 e. The molecule has 8 nitrogen and oxygen atoms in total. The molecule has 2 amide bonds. The third-order valence-electron chi connectivity index (χ3n) is 5.92. The number of rotatable bonds is 2. The molecule has 0 bridgehead atoms. The number of carbonyl (C=O) groups is 2. The fraction of sp³-hybridized carbons (Fsp3) is 0.0800. The number of nitrogens with zero attached hydrogens (tertiary/aromatic N) is 4. The summed E-state index contributed by atoms with van der Waals surface area (Å²) in [5, 5.41) is 9.46. The van der Waals surface area contributed by atoms with Gasteiger partial charge in [-0.25, -0.2) is 0 Å². The topological polar surface area (TPSA) is 98.3 Å². The zero-order valence-electron chi connectivity index (χ0n) is 17.7. The Morgan fingerprint density at radius 1 is 0.758 bits per heavy atom. The number of imide groups is 1. The molecule has 5 aromatic rings. The molecule has 2 aromatic heterocycles. The highest BCUT2D eigenvalue weighted by Crippen LogP contribution is 2.39. The van der Waals surface area contributed by atoms with Gasteiger partial charge in [-0.1, -0.05) is 42.5 Å². The number of benzene rings is 3. The highest BCUT2D eigenvalue weighted by atomic mass is 16.3. The predicted octanol–water partition coefficient (Wildman–Crippen LogP) is 3.63. The molecule has 0 N–H and O–H groups in total. The summed E-state index contributed by atoms with van der Waals surface area (Å²) in [5.74, 6) is -1.04. The molecule has 0 spiro atoms. The standard InChI is InChI=1S/C25H16N4O4/c1-28-24(31)18-15(22-21(26-29(2)27-22)13-8-4-3-5-9-13)12-17-19(20(18)25(28)32)23(30)14-10-6-7-11-16(14)33-17/h3-12H,1-2H3. The number of carbonyl (C=O) groups excluding carboxylic acids is 2. The molecule has 3 heterocycles. The number of amides is 2. The molecule has 8 heteroatoms. The molecule has 0 aliphatic carbocycles. The van der Waals surface area contributed by atoms with Gasteiger partial charge in [0.1, 0.15) is 22.6 Å². The van der Waals surface area contributed by atoms with E-state index in [-0.39, 0.29) is 27.5 Å². The van der Waals surface area contributed by atoms with E-state index in [4.69, 9.17) is 4.42 Å². The van der Waals surface area contributed by atoms with Crippen molar-refractivity contribution in [1.82, 2.24) is 19.9 Å². The minimum atomic E-state index is -0.547. The van der Waals surface area contributed by atoms with E-state index in [2.05, 4.69) is 10.2 Å². The summed E-state index contributed by atoms with van der Waals surface area (Å²) in [6.07, 6.45) is 0. The van der Waals surface area contributed by atoms with Gasteiger partial charge in [0.05, 0.1) is 21.9 Å². The van der Waals surface area contributed by atoms with Crippen molar-refractivity contribution < 1.29 is 14.0 Å². The van der Waals surface area contributed by atoms with E-state index >= 15 is 0 Å². The van der Waals surface area contributed by atoms with Gasteiger partial charge in [-0.05, 0) is 18.2 Å². The summed E-state index contributed by atoms with van der Waals surface area (Å²) in [6.45, 7) is 0. The van der Waals surface area contributed by atoms with Gasteiger partial charge in [0.2, 0.25) is 5.43 Å². The lowest BCUT2D eigenvalue weighted by Crippen LogP contribution is -2.24. The first-order chi connectivity index (χ1) is 16.0. The average molecular weight is 436 g/mol. The van der Waals surface area contributed by atoms with Gasteiger partial charge in [0.15, 0.2) is 0 Å². The largest absolute Gasteiger partial charge is 0.456 e. The van der Waals surface area contributed by atoms with E-state index in [0.29, 0.717) is 27.9 Å². The first-order valence-electron chi connectivity index (χ1n) is 10.3. The second kappa shape index (κ2) is 6.70. The lowest BCUT2D eigenvalue weighted by molar-refractivity contribution is 0.0694. The summed E-state index contributed by atoms with van der Waals surface area (Å²) in [5.41, 5.74) is 2.61. The van der Waals surface area contributed by atoms with E-state index < -0.39 is 11.8 Å². The van der Waals surface area contributed by atoms with Gasteiger partial charge in [0, 0.05) is 25.2 Å². The molecule has 160 valence electrons.